The number of hydrogen-bond acceptors (Lipinski definition) is 3. The summed E-state index contributed by atoms with van der Waals surface area (Å²) in [4.78, 5) is 0. The van der Waals surface area contributed by atoms with E-state index < -0.39 is 33.4 Å². The van der Waals surface area contributed by atoms with Crippen molar-refractivity contribution in [2.24, 2.45) is 0 Å². The zero-order valence-electron chi connectivity index (χ0n) is 7.41. The van der Waals surface area contributed by atoms with Crippen LogP contribution < -0.4 is 0 Å². The van der Waals surface area contributed by atoms with Crippen LogP contribution in [0.3, 0.4) is 0 Å². The monoisotopic (exact) mass is 334 g/mol. The van der Waals surface area contributed by atoms with Gasteiger partial charge in [-0.15, -0.1) is 0 Å². The molecule has 0 bridgehead atoms. The standard InChI is InChI=1S/C4ClF9O3S/c5-17-18(15,16)4(13,14)2(8,9)1(6,7)3(10,11)12. The summed E-state index contributed by atoms with van der Waals surface area (Å²) < 4.78 is 131. The van der Waals surface area contributed by atoms with Gasteiger partial charge in [-0.25, -0.2) is 0 Å². The van der Waals surface area contributed by atoms with Gasteiger partial charge in [-0.2, -0.15) is 51.7 Å². The maximum Gasteiger partial charge on any atom is 0.460 e. The second-order valence-corrected chi connectivity index (χ2v) is 4.61. The van der Waals surface area contributed by atoms with Crippen LogP contribution in [0, 0.1) is 0 Å². The average Bonchev–Trinajstić information content (AvgIpc) is 2.15. The van der Waals surface area contributed by atoms with Gasteiger partial charge >= 0.3 is 33.4 Å². The highest BCUT2D eigenvalue weighted by molar-refractivity contribution is 7.88. The first-order chi connectivity index (χ1) is 7.56. The van der Waals surface area contributed by atoms with Crippen LogP contribution in [0.2, 0.25) is 0 Å². The topological polar surface area (TPSA) is 43.4 Å². The van der Waals surface area contributed by atoms with Crippen molar-refractivity contribution in [3.8, 4) is 0 Å². The van der Waals surface area contributed by atoms with Gasteiger partial charge < -0.3 is 0 Å². The number of halogens is 10. The minimum absolute atomic E-state index is 2.31. The highest BCUT2D eigenvalue weighted by Gasteiger charge is 2.85. The second kappa shape index (κ2) is 4.30. The minimum atomic E-state index is -7.33. The maximum absolute atomic E-state index is 12.5. The molecule has 0 aromatic carbocycles. The van der Waals surface area contributed by atoms with Crippen molar-refractivity contribution in [1.82, 2.24) is 0 Å². The van der Waals surface area contributed by atoms with Crippen molar-refractivity contribution in [2.45, 2.75) is 23.3 Å². The van der Waals surface area contributed by atoms with Gasteiger partial charge in [0, 0.05) is 0 Å². The van der Waals surface area contributed by atoms with Crippen molar-refractivity contribution in [3.63, 3.8) is 0 Å². The minimum Gasteiger partial charge on any atom is -0.191 e. The van der Waals surface area contributed by atoms with Gasteiger partial charge in [-0.3, -0.25) is 0 Å². The van der Waals surface area contributed by atoms with Crippen molar-refractivity contribution < 1.29 is 51.7 Å². The molecule has 0 spiro atoms. The Kier molecular flexibility index (Phi) is 4.20. The van der Waals surface area contributed by atoms with Gasteiger partial charge in [0.05, 0.1) is 11.9 Å². The molecule has 0 saturated heterocycles. The third-order valence-corrected chi connectivity index (χ3v) is 3.06. The van der Waals surface area contributed by atoms with Crippen LogP contribution in [-0.2, 0) is 13.9 Å². The lowest BCUT2D eigenvalue weighted by Crippen LogP contribution is -2.63. The van der Waals surface area contributed by atoms with E-state index in [2.05, 4.69) is 15.6 Å². The molecule has 0 radical (unpaired) electrons. The summed E-state index contributed by atoms with van der Waals surface area (Å²) >= 11 is 3.82. The molecule has 0 heterocycles. The van der Waals surface area contributed by atoms with Crippen LogP contribution in [0.15, 0.2) is 0 Å². The van der Waals surface area contributed by atoms with Crippen LogP contribution in [0.5, 0.6) is 0 Å². The molecular formula is C4ClF9O3S. The Labute approximate surface area is 97.7 Å². The molecule has 0 aromatic rings. The quantitative estimate of drug-likeness (QED) is 0.743. The average molecular weight is 335 g/mol. The summed E-state index contributed by atoms with van der Waals surface area (Å²) in [6.45, 7) is 0. The van der Waals surface area contributed by atoms with Crippen molar-refractivity contribution in [3.05, 3.63) is 0 Å². The Morgan fingerprint density at radius 2 is 1.11 bits per heavy atom. The lowest BCUT2D eigenvalue weighted by Gasteiger charge is -2.31. The first-order valence-electron chi connectivity index (χ1n) is 3.31. The molecule has 0 unspecified atom stereocenters. The Balaban J connectivity index is 5.96. The summed E-state index contributed by atoms with van der Waals surface area (Å²) in [5, 5.41) is -6.90. The number of hydrogen-bond donors (Lipinski definition) is 0. The maximum atomic E-state index is 12.5. The molecule has 0 aliphatic carbocycles. The van der Waals surface area contributed by atoms with Gasteiger partial charge in [0.2, 0.25) is 0 Å². The van der Waals surface area contributed by atoms with Crippen LogP contribution in [0.1, 0.15) is 0 Å². The third-order valence-electron chi connectivity index (χ3n) is 1.51. The predicted molar refractivity (Wildman–Crippen MR) is 36.8 cm³/mol. The van der Waals surface area contributed by atoms with E-state index >= 15 is 0 Å². The summed E-state index contributed by atoms with van der Waals surface area (Å²) in [6.07, 6.45) is -7.12. The van der Waals surface area contributed by atoms with E-state index in [1.165, 1.54) is 0 Å². The molecule has 3 nitrogen and oxygen atoms in total. The summed E-state index contributed by atoms with van der Waals surface area (Å²) in [5.41, 5.74) is 0. The zero-order chi connectivity index (χ0) is 15.2. The molecule has 0 fully saturated rings. The first kappa shape index (κ1) is 17.6. The fourth-order valence-corrected chi connectivity index (χ4v) is 1.32. The smallest absolute Gasteiger partial charge is 0.191 e. The largest absolute Gasteiger partial charge is 0.460 e. The lowest BCUT2D eigenvalue weighted by atomic mass is 10.1. The van der Waals surface area contributed by atoms with Crippen LogP contribution in [0.25, 0.3) is 0 Å². The summed E-state index contributed by atoms with van der Waals surface area (Å²) in [7, 11) is -6.90. The molecule has 0 N–H and O–H groups in total. The number of rotatable bonds is 4. The normalized spacial score (nSPS) is 15.9. The van der Waals surface area contributed by atoms with E-state index in [9.17, 15) is 47.9 Å². The van der Waals surface area contributed by atoms with E-state index in [1.807, 2.05) is 0 Å². The lowest BCUT2D eigenvalue weighted by molar-refractivity contribution is -0.382. The third kappa shape index (κ3) is 2.22. The molecular weight excluding hydrogens is 335 g/mol. The molecule has 110 valence electrons. The zero-order valence-corrected chi connectivity index (χ0v) is 8.99. The summed E-state index contributed by atoms with van der Waals surface area (Å²) in [5.74, 6) is -14.7. The number of alkyl halides is 9. The fourth-order valence-electron chi connectivity index (χ4n) is 0.557. The van der Waals surface area contributed by atoms with Crippen molar-refractivity contribution in [1.29, 1.82) is 0 Å². The van der Waals surface area contributed by atoms with Crippen molar-refractivity contribution in [2.75, 3.05) is 0 Å². The highest BCUT2D eigenvalue weighted by Crippen LogP contribution is 2.54. The molecule has 0 amide bonds. The van der Waals surface area contributed by atoms with Gasteiger partial charge in [0.25, 0.3) is 0 Å². The molecule has 0 saturated carbocycles. The second-order valence-electron chi connectivity index (χ2n) is 2.68. The summed E-state index contributed by atoms with van der Waals surface area (Å²) in [6, 6.07) is 0. The van der Waals surface area contributed by atoms with E-state index in [0.717, 1.165) is 0 Å². The van der Waals surface area contributed by atoms with Crippen LogP contribution in [0.4, 0.5) is 39.5 Å². The molecule has 0 aromatic heterocycles. The molecule has 0 atom stereocenters. The van der Waals surface area contributed by atoms with E-state index in [-0.39, 0.29) is 0 Å². The Morgan fingerprint density at radius 3 is 1.33 bits per heavy atom. The first-order valence-corrected chi connectivity index (χ1v) is 5.03. The van der Waals surface area contributed by atoms with Crippen LogP contribution >= 0.6 is 11.9 Å². The van der Waals surface area contributed by atoms with Crippen LogP contribution in [-0.4, -0.2) is 31.7 Å². The Morgan fingerprint density at radius 1 is 0.778 bits per heavy atom. The Hall–Kier alpha value is -0.430. The fraction of sp³-hybridized carbons (Fsp3) is 1.00. The van der Waals surface area contributed by atoms with Crippen molar-refractivity contribution >= 4 is 22.0 Å². The van der Waals surface area contributed by atoms with Gasteiger partial charge in [0.15, 0.2) is 0 Å². The Bertz CT molecular complexity index is 412. The van der Waals surface area contributed by atoms with E-state index in [0.29, 0.717) is 0 Å². The predicted octanol–water partition coefficient (Wildman–Crippen LogP) is 2.91. The van der Waals surface area contributed by atoms with Gasteiger partial charge in [0.1, 0.15) is 0 Å². The molecule has 0 aliphatic rings. The SMILES string of the molecule is O=S(=O)(OCl)C(F)(F)C(F)(F)C(F)(F)C(F)(F)F. The van der Waals surface area contributed by atoms with Gasteiger partial charge in [-0.05, 0) is 0 Å². The molecule has 0 rings (SSSR count). The van der Waals surface area contributed by atoms with Gasteiger partial charge in [-0.1, -0.05) is 0 Å². The highest BCUT2D eigenvalue weighted by atomic mass is 35.5. The molecule has 14 heteroatoms. The molecule has 18 heavy (non-hydrogen) atoms. The molecule has 0 aliphatic heterocycles. The van der Waals surface area contributed by atoms with E-state index in [4.69, 9.17) is 0 Å². The van der Waals surface area contributed by atoms with E-state index in [1.54, 1.807) is 0 Å².